The summed E-state index contributed by atoms with van der Waals surface area (Å²) in [5, 5.41) is 3.01. The van der Waals surface area contributed by atoms with Crippen LogP contribution in [0.1, 0.15) is 81.9 Å². The quantitative estimate of drug-likeness (QED) is 0.382. The molecule has 1 N–H and O–H groups in total. The van der Waals surface area contributed by atoms with Crippen molar-refractivity contribution in [1.29, 1.82) is 0 Å². The minimum Gasteiger partial charge on any atom is -0.445 e. The number of carbonyl (C=O) groups excluding carboxylic acids is 2. The van der Waals surface area contributed by atoms with Crippen LogP contribution in [0.5, 0.6) is 0 Å². The van der Waals surface area contributed by atoms with Crippen LogP contribution in [-0.4, -0.2) is 54.0 Å². The first kappa shape index (κ1) is 29.7. The Morgan fingerprint density at radius 2 is 1.70 bits per heavy atom. The molecule has 2 atom stereocenters. The van der Waals surface area contributed by atoms with Gasteiger partial charge in [-0.25, -0.2) is 9.59 Å². The molecule has 2 fully saturated rings. The summed E-state index contributed by atoms with van der Waals surface area (Å²) in [7, 11) is 0. The van der Waals surface area contributed by atoms with Crippen molar-refractivity contribution in [3.8, 4) is 0 Å². The molecule has 7 heteroatoms. The lowest BCUT2D eigenvalue weighted by Crippen LogP contribution is -2.59. The summed E-state index contributed by atoms with van der Waals surface area (Å²) in [5.74, 6) is 0.495. The zero-order valence-electron chi connectivity index (χ0n) is 24.1. The van der Waals surface area contributed by atoms with Crippen molar-refractivity contribution in [1.82, 2.24) is 10.2 Å². The van der Waals surface area contributed by atoms with Gasteiger partial charge in [-0.1, -0.05) is 67.3 Å². The summed E-state index contributed by atoms with van der Waals surface area (Å²) < 4.78 is 17.7. The maximum atomic E-state index is 13.2. The molecular weight excluding hydrogens is 504 g/mol. The third-order valence-corrected chi connectivity index (χ3v) is 7.75. The van der Waals surface area contributed by atoms with Crippen LogP contribution in [0, 0.1) is 0 Å². The number of hydrogen-bond acceptors (Lipinski definition) is 5. The average Bonchev–Trinajstić information content (AvgIpc) is 2.95. The molecule has 0 aromatic heterocycles. The molecule has 1 aliphatic heterocycles. The van der Waals surface area contributed by atoms with Gasteiger partial charge in [0, 0.05) is 6.54 Å². The number of piperidine rings is 1. The number of amides is 2. The highest BCUT2D eigenvalue weighted by atomic mass is 16.6. The first-order valence-electron chi connectivity index (χ1n) is 14.5. The summed E-state index contributed by atoms with van der Waals surface area (Å²) in [6.45, 7) is 10.6. The lowest BCUT2D eigenvalue weighted by atomic mass is 9.81. The van der Waals surface area contributed by atoms with Gasteiger partial charge in [-0.2, -0.15) is 0 Å². The van der Waals surface area contributed by atoms with E-state index in [9.17, 15) is 9.59 Å². The van der Waals surface area contributed by atoms with E-state index in [0.717, 1.165) is 44.1 Å². The SMILES string of the molecule is C=Cc1ccccc1C1CCC(OCC2C(NC(=O)OC(C)(C)C)CCCN2C(=O)OCc2ccccc2)CC1. The van der Waals surface area contributed by atoms with Crippen molar-refractivity contribution in [2.24, 2.45) is 0 Å². The molecule has 0 bridgehead atoms. The lowest BCUT2D eigenvalue weighted by Gasteiger charge is -2.41. The van der Waals surface area contributed by atoms with E-state index in [1.165, 1.54) is 11.1 Å². The van der Waals surface area contributed by atoms with E-state index in [1.54, 1.807) is 4.90 Å². The lowest BCUT2D eigenvalue weighted by molar-refractivity contribution is -0.0310. The fourth-order valence-electron chi connectivity index (χ4n) is 5.76. The topological polar surface area (TPSA) is 77.1 Å². The van der Waals surface area contributed by atoms with Crippen LogP contribution >= 0.6 is 0 Å². The van der Waals surface area contributed by atoms with E-state index in [-0.39, 0.29) is 24.8 Å². The summed E-state index contributed by atoms with van der Waals surface area (Å²) >= 11 is 0. The van der Waals surface area contributed by atoms with Gasteiger partial charge >= 0.3 is 12.2 Å². The number of likely N-dealkylation sites (tertiary alicyclic amines) is 1. The number of rotatable bonds is 8. The van der Waals surface area contributed by atoms with E-state index in [0.29, 0.717) is 19.1 Å². The third kappa shape index (κ3) is 8.34. The first-order chi connectivity index (χ1) is 19.2. The van der Waals surface area contributed by atoms with Gasteiger partial charge < -0.3 is 24.4 Å². The average molecular weight is 549 g/mol. The molecule has 1 saturated heterocycles. The van der Waals surface area contributed by atoms with Gasteiger partial charge in [0.2, 0.25) is 0 Å². The Bertz CT molecular complexity index is 1120. The summed E-state index contributed by atoms with van der Waals surface area (Å²) in [6.07, 6.45) is 6.65. The standard InChI is InChI=1S/C33H44N2O5/c1-5-25-14-9-10-15-28(25)26-17-19-27(20-18-26)38-23-30-29(34-31(36)40-33(2,3)4)16-11-21-35(30)32(37)39-22-24-12-7-6-8-13-24/h5-10,12-15,26-27,29-30H,1,11,16-23H2,2-4H3,(H,34,36). The predicted octanol–water partition coefficient (Wildman–Crippen LogP) is 7.07. The van der Waals surface area contributed by atoms with Crippen LogP contribution in [0.2, 0.25) is 0 Å². The van der Waals surface area contributed by atoms with Crippen molar-refractivity contribution >= 4 is 18.3 Å². The Labute approximate surface area is 238 Å². The van der Waals surface area contributed by atoms with Crippen molar-refractivity contribution in [2.45, 2.75) is 95.6 Å². The molecule has 4 rings (SSSR count). The molecular formula is C33H44N2O5. The molecule has 216 valence electrons. The number of hydrogen-bond donors (Lipinski definition) is 1. The van der Waals surface area contributed by atoms with Crippen LogP contribution in [0.25, 0.3) is 6.08 Å². The van der Waals surface area contributed by atoms with Gasteiger partial charge in [0.05, 0.1) is 24.8 Å². The van der Waals surface area contributed by atoms with Crippen LogP contribution in [0.15, 0.2) is 61.2 Å². The molecule has 1 aliphatic carbocycles. The molecule has 2 aromatic carbocycles. The van der Waals surface area contributed by atoms with Gasteiger partial charge in [0.25, 0.3) is 0 Å². The second kappa shape index (κ2) is 13.8. The zero-order valence-corrected chi connectivity index (χ0v) is 24.1. The van der Waals surface area contributed by atoms with Crippen LogP contribution in [0.3, 0.4) is 0 Å². The number of benzene rings is 2. The van der Waals surface area contributed by atoms with Gasteiger partial charge in [-0.05, 0) is 81.9 Å². The smallest absolute Gasteiger partial charge is 0.410 e. The van der Waals surface area contributed by atoms with E-state index in [4.69, 9.17) is 14.2 Å². The van der Waals surface area contributed by atoms with E-state index in [2.05, 4.69) is 36.2 Å². The van der Waals surface area contributed by atoms with Crippen molar-refractivity contribution in [3.63, 3.8) is 0 Å². The van der Waals surface area contributed by atoms with Gasteiger partial charge in [-0.3, -0.25) is 0 Å². The zero-order chi connectivity index (χ0) is 28.5. The second-order valence-electron chi connectivity index (χ2n) is 11.8. The minimum absolute atomic E-state index is 0.110. The van der Waals surface area contributed by atoms with Gasteiger partial charge in [0.15, 0.2) is 0 Å². The molecule has 2 amide bonds. The largest absolute Gasteiger partial charge is 0.445 e. The molecule has 0 radical (unpaired) electrons. The maximum Gasteiger partial charge on any atom is 0.410 e. The molecule has 0 spiro atoms. The van der Waals surface area contributed by atoms with E-state index < -0.39 is 17.8 Å². The van der Waals surface area contributed by atoms with Gasteiger partial charge in [-0.15, -0.1) is 0 Å². The monoisotopic (exact) mass is 548 g/mol. The molecule has 2 aromatic rings. The Kier molecular flexibility index (Phi) is 10.3. The van der Waals surface area contributed by atoms with Crippen LogP contribution in [-0.2, 0) is 20.8 Å². The molecule has 1 heterocycles. The van der Waals surface area contributed by atoms with E-state index >= 15 is 0 Å². The number of ether oxygens (including phenoxy) is 3. The number of alkyl carbamates (subject to hydrolysis) is 1. The Hall–Kier alpha value is -3.32. The van der Waals surface area contributed by atoms with Crippen molar-refractivity contribution in [3.05, 3.63) is 77.9 Å². The maximum absolute atomic E-state index is 13.2. The number of nitrogens with zero attached hydrogens (tertiary/aromatic N) is 1. The van der Waals surface area contributed by atoms with Crippen molar-refractivity contribution in [2.75, 3.05) is 13.2 Å². The molecule has 2 unspecified atom stereocenters. The molecule has 2 aliphatic rings. The Morgan fingerprint density at radius 3 is 2.40 bits per heavy atom. The third-order valence-electron chi connectivity index (χ3n) is 7.75. The molecule has 7 nitrogen and oxygen atoms in total. The Balaban J connectivity index is 1.39. The second-order valence-corrected chi connectivity index (χ2v) is 11.8. The molecule has 1 saturated carbocycles. The Morgan fingerprint density at radius 1 is 1.00 bits per heavy atom. The van der Waals surface area contributed by atoms with Crippen LogP contribution < -0.4 is 5.32 Å². The summed E-state index contributed by atoms with van der Waals surface area (Å²) in [6, 6.07) is 17.5. The highest BCUT2D eigenvalue weighted by molar-refractivity contribution is 5.70. The van der Waals surface area contributed by atoms with Crippen LogP contribution in [0.4, 0.5) is 9.59 Å². The fourth-order valence-corrected chi connectivity index (χ4v) is 5.76. The van der Waals surface area contributed by atoms with Crippen molar-refractivity contribution < 1.29 is 23.8 Å². The number of carbonyl (C=O) groups is 2. The normalized spacial score (nSPS) is 23.2. The summed E-state index contributed by atoms with van der Waals surface area (Å²) in [5.41, 5.74) is 2.88. The predicted molar refractivity (Wildman–Crippen MR) is 157 cm³/mol. The molecule has 40 heavy (non-hydrogen) atoms. The first-order valence-corrected chi connectivity index (χ1v) is 14.5. The highest BCUT2D eigenvalue weighted by Gasteiger charge is 2.38. The fraction of sp³-hybridized carbons (Fsp3) is 0.515. The van der Waals surface area contributed by atoms with Gasteiger partial charge in [0.1, 0.15) is 12.2 Å². The minimum atomic E-state index is -0.609. The highest BCUT2D eigenvalue weighted by Crippen LogP contribution is 2.36. The number of nitrogens with one attached hydrogen (secondary N) is 1. The summed E-state index contributed by atoms with van der Waals surface area (Å²) in [4.78, 5) is 27.6. The van der Waals surface area contributed by atoms with E-state index in [1.807, 2.05) is 57.2 Å².